The number of amidine groups is 4. The van der Waals surface area contributed by atoms with Gasteiger partial charge in [-0.25, -0.2) is 0 Å². The van der Waals surface area contributed by atoms with Gasteiger partial charge in [-0.1, -0.05) is 137 Å². The van der Waals surface area contributed by atoms with Gasteiger partial charge in [-0.3, -0.25) is 41.9 Å². The van der Waals surface area contributed by atoms with Gasteiger partial charge in [0.05, 0.1) is 0 Å². The van der Waals surface area contributed by atoms with Crippen molar-refractivity contribution in [3.63, 3.8) is 0 Å². The Morgan fingerprint density at radius 2 is 0.759 bits per heavy atom. The second kappa shape index (κ2) is 22.9. The highest BCUT2D eigenvalue weighted by atomic mass is 35.5. The van der Waals surface area contributed by atoms with Gasteiger partial charge in [0.25, 0.3) is 0 Å². The summed E-state index contributed by atoms with van der Waals surface area (Å²) < 4.78 is 37.8. The second-order valence-corrected chi connectivity index (χ2v) is 13.0. The number of nitrogens with one attached hydrogen (secondary N) is 4. The van der Waals surface area contributed by atoms with Crippen molar-refractivity contribution in [2.45, 2.75) is 79.1 Å². The van der Waals surface area contributed by atoms with Crippen molar-refractivity contribution < 1.29 is 28.5 Å². The predicted octanol–water partition coefficient (Wildman–Crippen LogP) is 4.72. The zero-order valence-electron chi connectivity index (χ0n) is 31.3. The molecule has 2 bridgehead atoms. The minimum atomic E-state index is -3.17. The minimum Gasteiger partial charge on any atom is -0.556 e. The van der Waals surface area contributed by atoms with Crippen LogP contribution in [0, 0.1) is 0 Å². The summed E-state index contributed by atoms with van der Waals surface area (Å²) in [4.78, 5) is 19.2. The van der Waals surface area contributed by atoms with Gasteiger partial charge in [-0.2, -0.15) is 0 Å². The van der Waals surface area contributed by atoms with E-state index in [0.717, 1.165) is 51.4 Å². The van der Waals surface area contributed by atoms with Crippen LogP contribution in [0.5, 0.6) is 0 Å². The van der Waals surface area contributed by atoms with E-state index < -0.39 is 23.9 Å². The van der Waals surface area contributed by atoms with E-state index in [-0.39, 0.29) is 23.3 Å². The molecule has 0 radical (unpaired) electrons. The first-order valence-electron chi connectivity index (χ1n) is 18.6. The van der Waals surface area contributed by atoms with E-state index in [0.29, 0.717) is 37.1 Å². The molecule has 2 aromatic carbocycles. The Bertz CT molecular complexity index is 1460. The van der Waals surface area contributed by atoms with E-state index in [1.165, 1.54) is 0 Å². The van der Waals surface area contributed by atoms with Crippen molar-refractivity contribution in [1.29, 1.82) is 0 Å². The van der Waals surface area contributed by atoms with Crippen LogP contribution >= 0.6 is 23.2 Å². The number of nitrogens with zero attached hydrogens (tertiary/aromatic N) is 6. The Morgan fingerprint density at radius 3 is 1.02 bits per heavy atom. The topological polar surface area (TPSA) is 178 Å². The molecular formula is C34H50B2Cl2N10O6-2. The molecule has 0 aliphatic carbocycles. The molecule has 54 heavy (non-hydrogen) atoms. The van der Waals surface area contributed by atoms with Crippen LogP contribution in [0.1, 0.15) is 79.1 Å². The van der Waals surface area contributed by atoms with Crippen molar-refractivity contribution in [3.8, 4) is 0 Å². The Labute approximate surface area is 327 Å². The third kappa shape index (κ3) is 12.4. The Balaban J connectivity index is 2.04. The summed E-state index contributed by atoms with van der Waals surface area (Å²) in [5.74, 6) is 0.626. The van der Waals surface area contributed by atoms with Crippen molar-refractivity contribution in [2.75, 3.05) is 26.2 Å². The highest BCUT2D eigenvalue weighted by Gasteiger charge is 2.41. The molecule has 1 saturated heterocycles. The summed E-state index contributed by atoms with van der Waals surface area (Å²) in [6, 6.07) is 17.7. The second-order valence-electron chi connectivity index (χ2n) is 12.3. The number of hydrogen-bond donors (Lipinski definition) is 4. The van der Waals surface area contributed by atoms with Crippen LogP contribution < -0.4 is 32.8 Å². The van der Waals surface area contributed by atoms with Crippen molar-refractivity contribution >= 4 is 81.3 Å². The maximum atomic E-state index is 6.55. The number of fused-ring (bicyclic) bond motifs is 13. The molecule has 0 spiro atoms. The zero-order chi connectivity index (χ0) is 38.5. The van der Waals surface area contributed by atoms with Gasteiger partial charge >= 0.3 is 13.5 Å². The summed E-state index contributed by atoms with van der Waals surface area (Å²) >= 11 is 13.1. The standard InChI is InChI=1S/C34H50B2Cl2N10O6/c1-5-9-23-39-31-32(40-24-10-6-2)46-52-36(28-21-17-14-18-22-28)50-44-30(38)29(37)43-49-35(51-45-31,27-19-15-13-16-20-27)53-47-33(41-25-11-7-3)34(48-54-36)42-26-12-8-4/h13-22H,5-12,23-26H2,1-4H3,(H,39,45)(H,40,46)(H,41,47)(H,42,48)/q-2/b43-29-,44-30?. The number of hydroxylamine groups is 4. The molecule has 2 aromatic rings. The molecular weight excluding hydrogens is 737 g/mol. The van der Waals surface area contributed by atoms with E-state index in [1.807, 2.05) is 12.1 Å². The van der Waals surface area contributed by atoms with Crippen LogP contribution in [-0.4, -0.2) is 73.4 Å². The number of rotatable bonds is 14. The highest BCUT2D eigenvalue weighted by molar-refractivity contribution is 7.00. The summed E-state index contributed by atoms with van der Waals surface area (Å²) in [5.41, 5.74) is 12.5. The lowest BCUT2D eigenvalue weighted by atomic mass is 9.70. The highest BCUT2D eigenvalue weighted by Crippen LogP contribution is 2.16. The smallest absolute Gasteiger partial charge is 0.527 e. The normalized spacial score (nSPS) is 25.2. The minimum absolute atomic E-state index is 0.157. The summed E-state index contributed by atoms with van der Waals surface area (Å²) in [6.07, 6.45) is 6.65. The molecule has 3 aliphatic heterocycles. The molecule has 16 nitrogen and oxygen atoms in total. The van der Waals surface area contributed by atoms with Gasteiger partial charge in [-0.05, 0) is 25.7 Å². The molecule has 3 aliphatic rings. The van der Waals surface area contributed by atoms with Crippen LogP contribution in [0.4, 0.5) is 0 Å². The maximum Gasteiger partial charge on any atom is 0.527 e. The quantitative estimate of drug-likeness (QED) is 0.155. The van der Waals surface area contributed by atoms with Crippen LogP contribution in [0.25, 0.3) is 0 Å². The van der Waals surface area contributed by atoms with Gasteiger partial charge in [0, 0.05) is 26.2 Å². The molecule has 20 heteroatoms. The average molecular weight is 787 g/mol. The Kier molecular flexibility index (Phi) is 18.0. The van der Waals surface area contributed by atoms with E-state index >= 15 is 0 Å². The fraction of sp³-hybridized carbons (Fsp3) is 0.471. The van der Waals surface area contributed by atoms with Crippen LogP contribution in [-0.2, 0) is 28.5 Å². The van der Waals surface area contributed by atoms with E-state index in [2.05, 4.69) is 59.9 Å². The SMILES string of the molecule is CCCCN=C1NO[B-]2(c3ccccc3)ON=C(Cl)/C(Cl)=N/O[B-](c3ccccc3)(ONC1=NCCCC)ONC(=NCCCC)C(=NCCCC)NO2. The molecule has 5 rings (SSSR count). The molecule has 0 amide bonds. The van der Waals surface area contributed by atoms with Crippen molar-refractivity contribution in [3.05, 3.63) is 60.7 Å². The van der Waals surface area contributed by atoms with E-state index in [1.54, 1.807) is 48.5 Å². The molecule has 4 N–H and O–H groups in total. The van der Waals surface area contributed by atoms with Crippen molar-refractivity contribution in [1.82, 2.24) is 21.9 Å². The fourth-order valence-corrected chi connectivity index (χ4v) is 4.91. The molecule has 3 heterocycles. The predicted molar refractivity (Wildman–Crippen MR) is 218 cm³/mol. The van der Waals surface area contributed by atoms with Crippen LogP contribution in [0.3, 0.4) is 0 Å². The number of oxime groups is 2. The maximum absolute atomic E-state index is 6.55. The Hall–Kier alpha value is -4.19. The number of halogens is 2. The van der Waals surface area contributed by atoms with Gasteiger partial charge in [0.15, 0.2) is 23.3 Å². The van der Waals surface area contributed by atoms with Gasteiger partial charge in [-0.15, -0.1) is 21.2 Å². The molecule has 0 saturated carbocycles. The lowest BCUT2D eigenvalue weighted by molar-refractivity contribution is 0.0292. The number of hydrogen-bond acceptors (Lipinski definition) is 12. The molecule has 0 aromatic heterocycles. The summed E-state index contributed by atoms with van der Waals surface area (Å²) in [6.45, 7) is 3.59. The zero-order valence-corrected chi connectivity index (χ0v) is 32.8. The van der Waals surface area contributed by atoms with Crippen LogP contribution in [0.15, 0.2) is 90.9 Å². The van der Waals surface area contributed by atoms with Crippen molar-refractivity contribution in [2.24, 2.45) is 30.3 Å². The number of benzene rings is 2. The summed E-state index contributed by atoms with van der Waals surface area (Å²) in [7, 11) is 0. The molecule has 0 unspecified atom stereocenters. The third-order valence-corrected chi connectivity index (χ3v) is 8.54. The summed E-state index contributed by atoms with van der Waals surface area (Å²) in [5, 5.41) is 7.37. The first-order chi connectivity index (χ1) is 26.4. The third-order valence-electron chi connectivity index (χ3n) is 7.95. The van der Waals surface area contributed by atoms with Gasteiger partial charge in [0.2, 0.25) is 10.3 Å². The van der Waals surface area contributed by atoms with E-state index in [4.69, 9.17) is 71.7 Å². The molecule has 294 valence electrons. The lowest BCUT2D eigenvalue weighted by Gasteiger charge is -2.42. The number of aliphatic imine (C=N–C) groups is 4. The first kappa shape index (κ1) is 42.6. The average Bonchev–Trinajstić information content (AvgIpc) is 3.20. The first-order valence-corrected chi connectivity index (χ1v) is 19.3. The van der Waals surface area contributed by atoms with Gasteiger partial charge in [0.1, 0.15) is 0 Å². The monoisotopic (exact) mass is 786 g/mol. The fourth-order valence-electron chi connectivity index (χ4n) is 4.76. The largest absolute Gasteiger partial charge is 0.556 e. The molecule has 0 atom stereocenters. The Morgan fingerprint density at radius 1 is 0.481 bits per heavy atom. The van der Waals surface area contributed by atoms with Crippen LogP contribution in [0.2, 0.25) is 0 Å². The van der Waals surface area contributed by atoms with E-state index in [9.17, 15) is 0 Å². The lowest BCUT2D eigenvalue weighted by Crippen LogP contribution is -2.66. The van der Waals surface area contributed by atoms with Gasteiger partial charge < -0.3 is 28.5 Å². The number of unbranched alkanes of at least 4 members (excludes halogenated alkanes) is 4. The molecule has 1 fully saturated rings.